The third-order valence-corrected chi connectivity index (χ3v) is 5.73. The van der Waals surface area contributed by atoms with Gasteiger partial charge in [-0.15, -0.1) is 0 Å². The number of rotatable bonds is 5. The highest BCUT2D eigenvalue weighted by atomic mass is 32.2. The third-order valence-electron chi connectivity index (χ3n) is 4.24. The molecule has 0 amide bonds. The lowest BCUT2D eigenvalue weighted by Gasteiger charge is -2.15. The Balaban J connectivity index is 1.76. The zero-order chi connectivity index (χ0) is 14.7. The summed E-state index contributed by atoms with van der Waals surface area (Å²) in [4.78, 5) is 0.949. The number of aryl methyl sites for hydroxylation is 2. The Morgan fingerprint density at radius 2 is 1.81 bits per heavy atom. The lowest BCUT2D eigenvalue weighted by atomic mass is 10.0. The summed E-state index contributed by atoms with van der Waals surface area (Å²) in [5.74, 6) is 0.750. The number of benzene rings is 2. The predicted octanol–water partition coefficient (Wildman–Crippen LogP) is 3.03. The molecule has 0 aromatic heterocycles. The van der Waals surface area contributed by atoms with Crippen molar-refractivity contribution < 1.29 is 4.21 Å². The fourth-order valence-electron chi connectivity index (χ4n) is 2.99. The summed E-state index contributed by atoms with van der Waals surface area (Å²) in [7, 11) is -0.986. The number of nitrogens with two attached hydrogens (primary N) is 1. The first-order valence-corrected chi connectivity index (χ1v) is 8.85. The molecule has 2 nitrogen and oxygen atoms in total. The molecule has 2 aromatic rings. The molecule has 2 atom stereocenters. The van der Waals surface area contributed by atoms with Crippen LogP contribution in [0.25, 0.3) is 0 Å². The first kappa shape index (κ1) is 14.5. The van der Waals surface area contributed by atoms with E-state index in [2.05, 4.69) is 24.3 Å². The molecule has 3 rings (SSSR count). The van der Waals surface area contributed by atoms with Gasteiger partial charge in [0.25, 0.3) is 0 Å². The van der Waals surface area contributed by atoms with Crippen LogP contribution in [-0.4, -0.2) is 16.5 Å². The fourth-order valence-corrected chi connectivity index (χ4v) is 4.37. The maximum absolute atomic E-state index is 12.6. The van der Waals surface area contributed by atoms with Crippen LogP contribution in [0.2, 0.25) is 0 Å². The molecule has 0 saturated carbocycles. The van der Waals surface area contributed by atoms with E-state index in [-0.39, 0.29) is 5.92 Å². The Hall–Kier alpha value is -1.45. The molecular weight excluding hydrogens is 278 g/mol. The topological polar surface area (TPSA) is 43.1 Å². The number of hydrogen-bond donors (Lipinski definition) is 1. The van der Waals surface area contributed by atoms with Crippen molar-refractivity contribution in [3.63, 3.8) is 0 Å². The van der Waals surface area contributed by atoms with Gasteiger partial charge < -0.3 is 5.73 Å². The maximum Gasteiger partial charge on any atom is 0.0536 e. The van der Waals surface area contributed by atoms with Gasteiger partial charge in [-0.1, -0.05) is 36.4 Å². The molecule has 0 spiro atoms. The van der Waals surface area contributed by atoms with Crippen LogP contribution >= 0.6 is 0 Å². The second kappa shape index (κ2) is 6.54. The Bertz CT molecular complexity index is 639. The lowest BCUT2D eigenvalue weighted by Crippen LogP contribution is -2.19. The molecule has 21 heavy (non-hydrogen) atoms. The third kappa shape index (κ3) is 3.25. The SMILES string of the molecule is NCC(CS(=O)c1ccc2c(c1)CCC2)c1ccccc1. The molecule has 2 N–H and O–H groups in total. The first-order chi connectivity index (χ1) is 10.3. The van der Waals surface area contributed by atoms with E-state index in [0.29, 0.717) is 12.3 Å². The second-order valence-electron chi connectivity index (χ2n) is 5.64. The average molecular weight is 299 g/mol. The van der Waals surface area contributed by atoms with Crippen molar-refractivity contribution in [1.82, 2.24) is 0 Å². The number of hydrogen-bond acceptors (Lipinski definition) is 2. The van der Waals surface area contributed by atoms with Gasteiger partial charge in [0.1, 0.15) is 0 Å². The van der Waals surface area contributed by atoms with Gasteiger partial charge >= 0.3 is 0 Å². The molecule has 110 valence electrons. The zero-order valence-corrected chi connectivity index (χ0v) is 12.9. The van der Waals surface area contributed by atoms with Gasteiger partial charge in [0.15, 0.2) is 0 Å². The summed E-state index contributed by atoms with van der Waals surface area (Å²) < 4.78 is 12.6. The van der Waals surface area contributed by atoms with Crippen LogP contribution in [0, 0.1) is 0 Å². The summed E-state index contributed by atoms with van der Waals surface area (Å²) in [5.41, 5.74) is 9.87. The molecule has 3 heteroatoms. The van der Waals surface area contributed by atoms with E-state index in [4.69, 9.17) is 5.73 Å². The molecule has 0 saturated heterocycles. The maximum atomic E-state index is 12.6. The van der Waals surface area contributed by atoms with Gasteiger partial charge in [0.05, 0.1) is 10.8 Å². The molecular formula is C18H21NOS. The smallest absolute Gasteiger partial charge is 0.0536 e. The summed E-state index contributed by atoms with van der Waals surface area (Å²) in [6.45, 7) is 0.528. The molecule has 2 aromatic carbocycles. The van der Waals surface area contributed by atoms with Crippen molar-refractivity contribution in [2.24, 2.45) is 5.73 Å². The molecule has 0 fully saturated rings. The Kier molecular flexibility index (Phi) is 4.51. The van der Waals surface area contributed by atoms with Crippen LogP contribution < -0.4 is 5.73 Å². The Morgan fingerprint density at radius 3 is 2.57 bits per heavy atom. The first-order valence-electron chi connectivity index (χ1n) is 7.53. The van der Waals surface area contributed by atoms with Crippen molar-refractivity contribution in [3.05, 3.63) is 65.2 Å². The van der Waals surface area contributed by atoms with Crippen molar-refractivity contribution in [3.8, 4) is 0 Å². The van der Waals surface area contributed by atoms with E-state index in [9.17, 15) is 4.21 Å². The standard InChI is InChI=1S/C18H21NOS/c19-12-17(14-5-2-1-3-6-14)13-21(20)18-10-9-15-7-4-8-16(15)11-18/h1-3,5-6,9-11,17H,4,7-8,12-13,19H2. The van der Waals surface area contributed by atoms with Gasteiger partial charge in [0, 0.05) is 23.1 Å². The molecule has 0 bridgehead atoms. The van der Waals surface area contributed by atoms with E-state index in [1.165, 1.54) is 23.1 Å². The van der Waals surface area contributed by atoms with Gasteiger partial charge in [-0.25, -0.2) is 0 Å². The highest BCUT2D eigenvalue weighted by Gasteiger charge is 2.17. The molecule has 0 radical (unpaired) electrons. The second-order valence-corrected chi connectivity index (χ2v) is 7.14. The highest BCUT2D eigenvalue weighted by Crippen LogP contribution is 2.25. The van der Waals surface area contributed by atoms with Crippen molar-refractivity contribution >= 4 is 10.8 Å². The predicted molar refractivity (Wildman–Crippen MR) is 88.0 cm³/mol. The minimum Gasteiger partial charge on any atom is -0.330 e. The van der Waals surface area contributed by atoms with Crippen LogP contribution in [0.4, 0.5) is 0 Å². The Morgan fingerprint density at radius 1 is 1.05 bits per heavy atom. The summed E-state index contributed by atoms with van der Waals surface area (Å²) in [6, 6.07) is 16.5. The monoisotopic (exact) mass is 299 g/mol. The lowest BCUT2D eigenvalue weighted by molar-refractivity contribution is 0.672. The minimum absolute atomic E-state index is 0.153. The average Bonchev–Trinajstić information content (AvgIpc) is 3.00. The normalized spacial score (nSPS) is 16.4. The summed E-state index contributed by atoms with van der Waals surface area (Å²) in [5, 5.41) is 0. The van der Waals surface area contributed by atoms with Gasteiger partial charge in [-0.3, -0.25) is 4.21 Å². The van der Waals surface area contributed by atoms with E-state index in [1.54, 1.807) is 0 Å². The molecule has 1 aliphatic carbocycles. The highest BCUT2D eigenvalue weighted by molar-refractivity contribution is 7.85. The van der Waals surface area contributed by atoms with Crippen LogP contribution in [0.15, 0.2) is 53.4 Å². The van der Waals surface area contributed by atoms with E-state index in [1.807, 2.05) is 24.3 Å². The molecule has 0 aliphatic heterocycles. The van der Waals surface area contributed by atoms with E-state index >= 15 is 0 Å². The largest absolute Gasteiger partial charge is 0.330 e. The van der Waals surface area contributed by atoms with Crippen LogP contribution in [0.3, 0.4) is 0 Å². The van der Waals surface area contributed by atoms with E-state index in [0.717, 1.165) is 17.7 Å². The summed E-state index contributed by atoms with van der Waals surface area (Å²) in [6.07, 6.45) is 3.51. The zero-order valence-electron chi connectivity index (χ0n) is 12.1. The minimum atomic E-state index is -0.986. The van der Waals surface area contributed by atoms with Gasteiger partial charge in [-0.2, -0.15) is 0 Å². The molecule has 2 unspecified atom stereocenters. The van der Waals surface area contributed by atoms with Crippen LogP contribution in [-0.2, 0) is 23.6 Å². The fraction of sp³-hybridized carbons (Fsp3) is 0.333. The molecule has 0 heterocycles. The van der Waals surface area contributed by atoms with Crippen molar-refractivity contribution in [2.75, 3.05) is 12.3 Å². The van der Waals surface area contributed by atoms with E-state index < -0.39 is 10.8 Å². The van der Waals surface area contributed by atoms with Gasteiger partial charge in [-0.05, 0) is 48.1 Å². The number of fused-ring (bicyclic) bond motifs is 1. The van der Waals surface area contributed by atoms with Crippen molar-refractivity contribution in [1.29, 1.82) is 0 Å². The van der Waals surface area contributed by atoms with Crippen LogP contribution in [0.5, 0.6) is 0 Å². The van der Waals surface area contributed by atoms with Crippen LogP contribution in [0.1, 0.15) is 29.0 Å². The Labute approximate surface area is 128 Å². The van der Waals surface area contributed by atoms with Crippen molar-refractivity contribution in [2.45, 2.75) is 30.1 Å². The quantitative estimate of drug-likeness (QED) is 0.922. The van der Waals surface area contributed by atoms with Gasteiger partial charge in [0.2, 0.25) is 0 Å². The molecule has 1 aliphatic rings. The summed E-state index contributed by atoms with van der Waals surface area (Å²) >= 11 is 0.